The Bertz CT molecular complexity index is 867. The molecule has 6 nitrogen and oxygen atoms in total. The quantitative estimate of drug-likeness (QED) is 0.436. The lowest BCUT2D eigenvalue weighted by atomic mass is 10.0. The molecule has 1 aromatic heterocycles. The Balaban J connectivity index is 2.25. The predicted molar refractivity (Wildman–Crippen MR) is 122 cm³/mol. The van der Waals surface area contributed by atoms with Crippen LogP contribution >= 0.6 is 24.2 Å². The highest BCUT2D eigenvalue weighted by atomic mass is 35.5. The largest absolute Gasteiger partial charge is 0.478 e. The Morgan fingerprint density at radius 3 is 2.50 bits per heavy atom. The highest BCUT2D eigenvalue weighted by Crippen LogP contribution is 2.22. The zero-order chi connectivity index (χ0) is 22.3. The number of hydrogen-bond acceptors (Lipinski definition) is 4. The molecule has 0 saturated heterocycles. The normalized spacial score (nSPS) is 13.1. The Hall–Kier alpha value is -1.99. The number of aromatic nitrogens is 2. The number of thiol groups is 1. The fourth-order valence-electron chi connectivity index (χ4n) is 3.08. The van der Waals surface area contributed by atoms with Crippen molar-refractivity contribution < 1.29 is 14.7 Å². The van der Waals surface area contributed by atoms with Crippen LogP contribution in [0.15, 0.2) is 24.3 Å². The van der Waals surface area contributed by atoms with Gasteiger partial charge >= 0.3 is 5.97 Å². The summed E-state index contributed by atoms with van der Waals surface area (Å²) in [6, 6.07) is 6.74. The van der Waals surface area contributed by atoms with Crippen molar-refractivity contribution in [2.24, 2.45) is 5.92 Å². The number of carboxylic acid groups (broad SMARTS) is 1. The van der Waals surface area contributed by atoms with E-state index >= 15 is 0 Å². The summed E-state index contributed by atoms with van der Waals surface area (Å²) >= 11 is 10.9. The lowest BCUT2D eigenvalue weighted by Gasteiger charge is -2.18. The third-order valence-corrected chi connectivity index (χ3v) is 6.33. The average Bonchev–Trinajstić information content (AvgIpc) is 3.03. The number of carboxylic acids is 1. The van der Waals surface area contributed by atoms with Gasteiger partial charge in [-0.05, 0) is 30.0 Å². The molecule has 0 aliphatic carbocycles. The number of hydrogen-bond donors (Lipinski definition) is 3. The maximum Gasteiger partial charge on any atom is 0.335 e. The number of unbranched alkanes of at least 4 members (excludes halogenated alkanes) is 1. The van der Waals surface area contributed by atoms with Crippen LogP contribution in [0.25, 0.3) is 0 Å². The van der Waals surface area contributed by atoms with E-state index in [0.717, 1.165) is 42.8 Å². The number of halogens is 1. The van der Waals surface area contributed by atoms with Crippen LogP contribution in [0.1, 0.15) is 67.5 Å². The Labute approximate surface area is 188 Å². The topological polar surface area (TPSA) is 84.2 Å². The van der Waals surface area contributed by atoms with Crippen LogP contribution < -0.4 is 5.32 Å². The molecule has 2 N–H and O–H groups in total. The summed E-state index contributed by atoms with van der Waals surface area (Å²) in [6.07, 6.45) is 3.65. The Morgan fingerprint density at radius 2 is 1.93 bits per heavy atom. The molecule has 1 heterocycles. The first kappa shape index (κ1) is 24.3. The van der Waals surface area contributed by atoms with Gasteiger partial charge in [-0.1, -0.05) is 57.3 Å². The molecule has 2 rings (SSSR count). The molecule has 1 aromatic carbocycles. The zero-order valence-electron chi connectivity index (χ0n) is 17.7. The van der Waals surface area contributed by atoms with Gasteiger partial charge in [-0.3, -0.25) is 4.79 Å². The van der Waals surface area contributed by atoms with Gasteiger partial charge in [-0.25, -0.2) is 9.78 Å². The molecule has 0 spiro atoms. The highest BCUT2D eigenvalue weighted by molar-refractivity contribution is 7.81. The minimum absolute atomic E-state index is 0.127. The number of rotatable bonds is 11. The molecule has 2 aromatic rings. The number of nitrogens with zero attached hydrogens (tertiary/aromatic N) is 2. The summed E-state index contributed by atoms with van der Waals surface area (Å²) in [6.45, 7) is 6.90. The first-order chi connectivity index (χ1) is 14.3. The second-order valence-corrected chi connectivity index (χ2v) is 8.42. The summed E-state index contributed by atoms with van der Waals surface area (Å²) in [7, 11) is 0. The van der Waals surface area contributed by atoms with Gasteiger partial charge in [-0.2, -0.15) is 12.6 Å². The second kappa shape index (κ2) is 11.4. The van der Waals surface area contributed by atoms with Crippen LogP contribution in [-0.4, -0.2) is 31.8 Å². The Kier molecular flexibility index (Phi) is 9.24. The molecule has 30 heavy (non-hydrogen) atoms. The molecule has 8 heteroatoms. The number of carbonyl (C=O) groups excluding carboxylic acids is 1. The van der Waals surface area contributed by atoms with E-state index < -0.39 is 5.97 Å². The highest BCUT2D eigenvalue weighted by Gasteiger charge is 2.22. The summed E-state index contributed by atoms with van der Waals surface area (Å²) < 4.78 is 2.02. The molecule has 0 aliphatic heterocycles. The van der Waals surface area contributed by atoms with E-state index in [9.17, 15) is 9.59 Å². The van der Waals surface area contributed by atoms with Gasteiger partial charge in [0.2, 0.25) is 5.91 Å². The number of imidazole rings is 1. The molecular formula is C22H30ClN3O3S. The smallest absolute Gasteiger partial charge is 0.335 e. The van der Waals surface area contributed by atoms with Crippen LogP contribution in [0.4, 0.5) is 0 Å². The minimum Gasteiger partial charge on any atom is -0.478 e. The average molecular weight is 452 g/mol. The maximum atomic E-state index is 12.5. The van der Waals surface area contributed by atoms with Crippen LogP contribution in [0.5, 0.6) is 0 Å². The third-order valence-electron chi connectivity index (χ3n) is 5.28. The van der Waals surface area contributed by atoms with Crippen molar-refractivity contribution in [1.29, 1.82) is 0 Å². The lowest BCUT2D eigenvalue weighted by molar-refractivity contribution is -0.121. The zero-order valence-corrected chi connectivity index (χ0v) is 19.3. The molecule has 164 valence electrons. The van der Waals surface area contributed by atoms with Crippen LogP contribution in [0.2, 0.25) is 5.15 Å². The number of nitrogens with one attached hydrogen (secondary N) is 1. The number of benzene rings is 1. The molecular weight excluding hydrogens is 422 g/mol. The third kappa shape index (κ3) is 6.25. The summed E-state index contributed by atoms with van der Waals surface area (Å²) in [4.78, 5) is 28.1. The SMILES string of the molecule is CCCCc1nc(Cl)c(CNC(=O)C(S)C(C)CC)n1Cc1ccc(C(=O)O)cc1. The van der Waals surface area contributed by atoms with Crippen LogP contribution in [0, 0.1) is 5.92 Å². The van der Waals surface area contributed by atoms with Crippen LogP contribution in [0.3, 0.4) is 0 Å². The van der Waals surface area contributed by atoms with Gasteiger partial charge in [0.1, 0.15) is 5.82 Å². The summed E-state index contributed by atoms with van der Waals surface area (Å²) in [5.41, 5.74) is 1.92. The molecule has 0 saturated carbocycles. The maximum absolute atomic E-state index is 12.5. The molecule has 0 radical (unpaired) electrons. The van der Waals surface area contributed by atoms with E-state index in [4.69, 9.17) is 16.7 Å². The van der Waals surface area contributed by atoms with Crippen molar-refractivity contribution in [3.63, 3.8) is 0 Å². The van der Waals surface area contributed by atoms with E-state index in [1.807, 2.05) is 18.4 Å². The van der Waals surface area contributed by atoms with Crippen molar-refractivity contribution in [2.75, 3.05) is 0 Å². The van der Waals surface area contributed by atoms with Crippen molar-refractivity contribution in [3.8, 4) is 0 Å². The lowest BCUT2D eigenvalue weighted by Crippen LogP contribution is -2.35. The molecule has 0 fully saturated rings. The van der Waals surface area contributed by atoms with Gasteiger partial charge in [0.15, 0.2) is 5.15 Å². The van der Waals surface area contributed by atoms with Crippen molar-refractivity contribution >= 4 is 36.1 Å². The molecule has 0 bridgehead atoms. The van der Waals surface area contributed by atoms with Gasteiger partial charge in [0.05, 0.1) is 23.1 Å². The summed E-state index contributed by atoms with van der Waals surface area (Å²) in [5.74, 6) is -0.0568. The fourth-order valence-corrected chi connectivity index (χ4v) is 3.65. The van der Waals surface area contributed by atoms with E-state index in [1.54, 1.807) is 24.3 Å². The standard InChI is InChI=1S/C22H30ClN3O3S/c1-4-6-7-18-25-20(23)17(12-24-21(27)19(30)14(3)5-2)26(18)13-15-8-10-16(11-9-15)22(28)29/h8-11,14,19,30H,4-7,12-13H2,1-3H3,(H,24,27)(H,28,29). The van der Waals surface area contributed by atoms with E-state index in [-0.39, 0.29) is 29.2 Å². The van der Waals surface area contributed by atoms with Crippen LogP contribution in [-0.2, 0) is 24.3 Å². The first-order valence-electron chi connectivity index (χ1n) is 10.3. The molecule has 2 unspecified atom stereocenters. The Morgan fingerprint density at radius 1 is 1.27 bits per heavy atom. The van der Waals surface area contributed by atoms with Crippen molar-refractivity contribution in [1.82, 2.24) is 14.9 Å². The first-order valence-corrected chi connectivity index (χ1v) is 11.2. The van der Waals surface area contributed by atoms with E-state index in [2.05, 4.69) is 29.9 Å². The van der Waals surface area contributed by atoms with Gasteiger partial charge in [0, 0.05) is 13.0 Å². The van der Waals surface area contributed by atoms with Gasteiger partial charge < -0.3 is 15.0 Å². The van der Waals surface area contributed by atoms with E-state index in [1.165, 1.54) is 0 Å². The van der Waals surface area contributed by atoms with Gasteiger partial charge in [-0.15, -0.1) is 0 Å². The van der Waals surface area contributed by atoms with Crippen molar-refractivity contribution in [2.45, 2.75) is 64.8 Å². The minimum atomic E-state index is -0.957. The molecule has 2 atom stereocenters. The fraction of sp³-hybridized carbons (Fsp3) is 0.500. The number of carbonyl (C=O) groups is 2. The second-order valence-electron chi connectivity index (χ2n) is 7.51. The number of amides is 1. The predicted octanol–water partition coefficient (Wildman–Crippen LogP) is 4.59. The number of aromatic carboxylic acids is 1. The van der Waals surface area contributed by atoms with E-state index in [0.29, 0.717) is 11.7 Å². The monoisotopic (exact) mass is 451 g/mol. The molecule has 1 amide bonds. The van der Waals surface area contributed by atoms with Crippen molar-refractivity contribution in [3.05, 3.63) is 52.1 Å². The van der Waals surface area contributed by atoms with Gasteiger partial charge in [0.25, 0.3) is 0 Å². The molecule has 0 aliphatic rings. The number of aryl methyl sites for hydroxylation is 1. The summed E-state index contributed by atoms with van der Waals surface area (Å²) in [5, 5.41) is 12.0.